The van der Waals surface area contributed by atoms with Gasteiger partial charge in [0.05, 0.1) is 30.1 Å². The van der Waals surface area contributed by atoms with E-state index in [1.807, 2.05) is 61.5 Å². The van der Waals surface area contributed by atoms with Gasteiger partial charge >= 0.3 is 6.03 Å². The summed E-state index contributed by atoms with van der Waals surface area (Å²) in [5, 5.41) is 13.8. The Bertz CT molecular complexity index is 1610. The summed E-state index contributed by atoms with van der Waals surface area (Å²) in [4.78, 5) is 29.5. The molecule has 44 heavy (non-hydrogen) atoms. The molecule has 230 valence electrons. The first-order valence-corrected chi connectivity index (χ1v) is 14.8. The number of nitrogens with zero attached hydrogens (tertiary/aromatic N) is 3. The van der Waals surface area contributed by atoms with Crippen molar-refractivity contribution in [1.29, 1.82) is 0 Å². The van der Waals surface area contributed by atoms with Gasteiger partial charge in [-0.1, -0.05) is 62.7 Å². The van der Waals surface area contributed by atoms with E-state index in [9.17, 15) is 9.59 Å². The molecule has 10 heteroatoms. The maximum atomic E-state index is 13.4. The van der Waals surface area contributed by atoms with Gasteiger partial charge in [-0.25, -0.2) is 14.5 Å². The maximum Gasteiger partial charge on any atom is 0.320 e. The summed E-state index contributed by atoms with van der Waals surface area (Å²) in [5.74, 6) is 0.790. The first-order chi connectivity index (χ1) is 21.1. The van der Waals surface area contributed by atoms with Crippen molar-refractivity contribution in [2.24, 2.45) is 0 Å². The van der Waals surface area contributed by atoms with Gasteiger partial charge in [-0.15, -0.1) is 0 Å². The number of carbonyl (C=O) groups excluding carboxylic acids is 2. The molecule has 3 N–H and O–H groups in total. The number of fused-ring (bicyclic) bond motifs is 1. The molecule has 10 nitrogen and oxygen atoms in total. The number of nitrogens with one attached hydrogen (secondary N) is 3. The topological polar surface area (TPSA) is 119 Å². The van der Waals surface area contributed by atoms with Gasteiger partial charge in [-0.3, -0.25) is 10.1 Å². The quantitative estimate of drug-likeness (QED) is 0.207. The molecule has 0 saturated heterocycles. The molecule has 4 aromatic rings. The van der Waals surface area contributed by atoms with E-state index in [0.717, 1.165) is 40.1 Å². The second-order valence-corrected chi connectivity index (χ2v) is 12.1. The van der Waals surface area contributed by atoms with E-state index in [1.54, 1.807) is 16.9 Å². The van der Waals surface area contributed by atoms with Gasteiger partial charge in [-0.2, -0.15) is 5.10 Å². The lowest BCUT2D eigenvalue weighted by Crippen LogP contribution is -2.35. The highest BCUT2D eigenvalue weighted by molar-refractivity contribution is 5.91. The molecule has 0 spiro atoms. The molecule has 2 aromatic carbocycles. The van der Waals surface area contributed by atoms with Crippen molar-refractivity contribution in [1.82, 2.24) is 20.1 Å². The minimum absolute atomic E-state index is 0.0389. The first kappa shape index (κ1) is 30.9. The van der Waals surface area contributed by atoms with Gasteiger partial charge in [0.2, 0.25) is 0 Å². The Morgan fingerprint density at radius 3 is 2.45 bits per heavy atom. The number of urea groups is 1. The van der Waals surface area contributed by atoms with Crippen molar-refractivity contribution in [2.45, 2.75) is 64.7 Å². The van der Waals surface area contributed by atoms with Crippen molar-refractivity contribution in [2.75, 3.05) is 24.4 Å². The summed E-state index contributed by atoms with van der Waals surface area (Å²) < 4.78 is 13.0. The number of anilines is 2. The highest BCUT2D eigenvalue weighted by atomic mass is 16.5. The van der Waals surface area contributed by atoms with Gasteiger partial charge < -0.3 is 20.1 Å². The SMILES string of the molecule is COCC(=O)Nc1cc(COC2CC[C@H](NC(=O)Nc3cc(C(C)(C)C)nn3-c3ccc(C)cc3)c3ccccc32)ccn1. The molecule has 1 aliphatic rings. The number of aryl methyl sites for hydroxylation is 1. The van der Waals surface area contributed by atoms with E-state index in [2.05, 4.69) is 47.8 Å². The number of rotatable bonds is 9. The molecule has 1 aliphatic carbocycles. The van der Waals surface area contributed by atoms with Crippen molar-refractivity contribution < 1.29 is 19.1 Å². The summed E-state index contributed by atoms with van der Waals surface area (Å²) in [6, 6.07) is 21.2. The smallest absolute Gasteiger partial charge is 0.320 e. The van der Waals surface area contributed by atoms with E-state index >= 15 is 0 Å². The highest BCUT2D eigenvalue weighted by Crippen LogP contribution is 2.38. The van der Waals surface area contributed by atoms with Crippen molar-refractivity contribution in [3.8, 4) is 5.69 Å². The predicted octanol–water partition coefficient (Wildman–Crippen LogP) is 6.37. The van der Waals surface area contributed by atoms with Gasteiger partial charge in [0.15, 0.2) is 0 Å². The molecule has 0 bridgehead atoms. The Labute approximate surface area is 258 Å². The van der Waals surface area contributed by atoms with E-state index in [4.69, 9.17) is 14.6 Å². The van der Waals surface area contributed by atoms with Crippen LogP contribution in [0.15, 0.2) is 72.9 Å². The van der Waals surface area contributed by atoms with Crippen LogP contribution in [0, 0.1) is 6.92 Å². The summed E-state index contributed by atoms with van der Waals surface area (Å²) in [7, 11) is 1.47. The van der Waals surface area contributed by atoms with Gasteiger partial charge in [-0.05, 0) is 60.7 Å². The number of carbonyl (C=O) groups is 2. The standard InChI is InChI=1S/C34H40N6O4/c1-22-10-12-24(13-11-22)40-31(19-29(39-40)34(2,3)4)38-33(42)36-27-14-15-28(26-9-7-6-8-25(26)27)44-20-23-16-17-35-30(18-23)37-32(41)21-43-5/h6-13,16-19,27-28H,14-15,20-21H2,1-5H3,(H,35,37,41)(H2,36,38,42)/t27-,28?/m0/s1. The fraction of sp³-hybridized carbons (Fsp3) is 0.353. The van der Waals surface area contributed by atoms with E-state index in [1.165, 1.54) is 7.11 Å². The molecule has 0 radical (unpaired) electrons. The average Bonchev–Trinajstić information content (AvgIpc) is 3.42. The van der Waals surface area contributed by atoms with Crippen molar-refractivity contribution in [3.05, 3.63) is 101 Å². The van der Waals surface area contributed by atoms with Crippen LogP contribution in [0.2, 0.25) is 0 Å². The van der Waals surface area contributed by atoms with Crippen LogP contribution in [0.5, 0.6) is 0 Å². The van der Waals surface area contributed by atoms with Crippen molar-refractivity contribution >= 4 is 23.6 Å². The lowest BCUT2D eigenvalue weighted by atomic mass is 9.85. The monoisotopic (exact) mass is 596 g/mol. The maximum absolute atomic E-state index is 13.4. The molecular weight excluding hydrogens is 556 g/mol. The number of benzene rings is 2. The zero-order valence-electron chi connectivity index (χ0n) is 25.9. The minimum atomic E-state index is -0.294. The number of hydrogen-bond acceptors (Lipinski definition) is 6. The zero-order valence-corrected chi connectivity index (χ0v) is 25.9. The third-order valence-corrected chi connectivity index (χ3v) is 7.56. The Balaban J connectivity index is 1.27. The predicted molar refractivity (Wildman–Crippen MR) is 170 cm³/mol. The Kier molecular flexibility index (Phi) is 9.41. The first-order valence-electron chi connectivity index (χ1n) is 14.8. The molecule has 2 heterocycles. The molecule has 0 saturated carbocycles. The lowest BCUT2D eigenvalue weighted by Gasteiger charge is -2.32. The van der Waals surface area contributed by atoms with E-state index in [-0.39, 0.29) is 36.1 Å². The summed E-state index contributed by atoms with van der Waals surface area (Å²) >= 11 is 0. The van der Waals surface area contributed by atoms with Crippen LogP contribution in [0.25, 0.3) is 5.69 Å². The molecule has 2 aromatic heterocycles. The number of hydrogen-bond donors (Lipinski definition) is 3. The van der Waals surface area contributed by atoms with Crippen LogP contribution in [-0.2, 0) is 26.3 Å². The molecule has 3 amide bonds. The Morgan fingerprint density at radius 2 is 1.73 bits per heavy atom. The number of amides is 3. The number of pyridine rings is 1. The normalized spacial score (nSPS) is 16.2. The molecule has 1 unspecified atom stereocenters. The molecule has 0 aliphatic heterocycles. The third kappa shape index (κ3) is 7.50. The van der Waals surface area contributed by atoms with Crippen LogP contribution in [0.3, 0.4) is 0 Å². The summed E-state index contributed by atoms with van der Waals surface area (Å²) in [6.07, 6.45) is 2.96. The zero-order chi connectivity index (χ0) is 31.3. The number of ether oxygens (including phenoxy) is 2. The lowest BCUT2D eigenvalue weighted by molar-refractivity contribution is -0.119. The second-order valence-electron chi connectivity index (χ2n) is 12.1. The highest BCUT2D eigenvalue weighted by Gasteiger charge is 2.29. The van der Waals surface area contributed by atoms with Gasteiger partial charge in [0.1, 0.15) is 18.2 Å². The minimum Gasteiger partial charge on any atom is -0.375 e. The molecule has 5 rings (SSSR count). The van der Waals surface area contributed by atoms with Crippen LogP contribution < -0.4 is 16.0 Å². The fourth-order valence-electron chi connectivity index (χ4n) is 5.24. The van der Waals surface area contributed by atoms with Gasteiger partial charge in [0.25, 0.3) is 5.91 Å². The van der Waals surface area contributed by atoms with Gasteiger partial charge in [0, 0.05) is 24.8 Å². The van der Waals surface area contributed by atoms with Crippen LogP contribution in [0.1, 0.15) is 73.7 Å². The number of aromatic nitrogens is 3. The fourth-order valence-corrected chi connectivity index (χ4v) is 5.24. The largest absolute Gasteiger partial charge is 0.375 e. The van der Waals surface area contributed by atoms with Crippen LogP contribution in [-0.4, -0.2) is 40.4 Å². The second kappa shape index (κ2) is 13.4. The molecule has 0 fully saturated rings. The van der Waals surface area contributed by atoms with E-state index in [0.29, 0.717) is 24.7 Å². The Hall–Kier alpha value is -4.54. The van der Waals surface area contributed by atoms with E-state index < -0.39 is 0 Å². The van der Waals surface area contributed by atoms with Crippen LogP contribution in [0.4, 0.5) is 16.4 Å². The molecular formula is C34H40N6O4. The van der Waals surface area contributed by atoms with Crippen LogP contribution >= 0.6 is 0 Å². The number of methoxy groups -OCH3 is 1. The molecule has 2 atom stereocenters. The van der Waals surface area contributed by atoms with Crippen molar-refractivity contribution in [3.63, 3.8) is 0 Å². The average molecular weight is 597 g/mol. The third-order valence-electron chi connectivity index (χ3n) is 7.56. The summed E-state index contributed by atoms with van der Waals surface area (Å²) in [6.45, 7) is 8.66. The summed E-state index contributed by atoms with van der Waals surface area (Å²) in [5.41, 5.74) is 5.70. The Morgan fingerprint density at radius 1 is 0.977 bits per heavy atom.